The lowest BCUT2D eigenvalue weighted by atomic mass is 9.83. The van der Waals surface area contributed by atoms with Crippen LogP contribution in [0.1, 0.15) is 48.1 Å². The van der Waals surface area contributed by atoms with Crippen LogP contribution < -0.4 is 10.1 Å². The van der Waals surface area contributed by atoms with Crippen LogP contribution in [-0.2, 0) is 13.1 Å². The Bertz CT molecular complexity index is 1060. The maximum Gasteiger partial charge on any atom is 0.118 e. The maximum atomic E-state index is 5.48. The quantitative estimate of drug-likeness (QED) is 0.294. The molecule has 3 aromatic carbocycles. The molecule has 1 saturated heterocycles. The van der Waals surface area contributed by atoms with E-state index >= 15 is 0 Å². The van der Waals surface area contributed by atoms with Gasteiger partial charge in [-0.05, 0) is 37.5 Å². The van der Waals surface area contributed by atoms with Crippen molar-refractivity contribution in [3.63, 3.8) is 0 Å². The van der Waals surface area contributed by atoms with E-state index in [0.717, 1.165) is 41.4 Å². The van der Waals surface area contributed by atoms with E-state index in [2.05, 4.69) is 91.1 Å². The van der Waals surface area contributed by atoms with Crippen molar-refractivity contribution in [3.8, 4) is 5.75 Å². The number of thiocarbonyl (C=S) groups is 1. The molecule has 1 heterocycles. The average molecular weight is 474 g/mol. The first kappa shape index (κ1) is 24.4. The molecule has 1 atom stereocenters. The Morgan fingerprint density at radius 3 is 2.06 bits per heavy atom. The van der Waals surface area contributed by atoms with Gasteiger partial charge in [-0.2, -0.15) is 0 Å². The second-order valence-corrected chi connectivity index (χ2v) is 10.5. The summed E-state index contributed by atoms with van der Waals surface area (Å²) in [4.78, 5) is 0.857. The highest BCUT2D eigenvalue weighted by molar-refractivity contribution is 7.80. The fourth-order valence-corrected chi connectivity index (χ4v) is 5.52. The lowest BCUT2D eigenvalue weighted by molar-refractivity contribution is -0.958. The third kappa shape index (κ3) is 6.25. The zero-order chi connectivity index (χ0) is 24.0. The summed E-state index contributed by atoms with van der Waals surface area (Å²) in [6.45, 7) is 8.63. The zero-order valence-electron chi connectivity index (χ0n) is 20.7. The van der Waals surface area contributed by atoms with Crippen molar-refractivity contribution in [2.45, 2.75) is 45.8 Å². The van der Waals surface area contributed by atoms with Gasteiger partial charge in [0.05, 0.1) is 31.2 Å². The highest BCUT2D eigenvalue weighted by atomic mass is 32.1. The Morgan fingerprint density at radius 1 is 0.912 bits per heavy atom. The second kappa shape index (κ2) is 11.2. The number of nitrogens with one attached hydrogen (secondary N) is 1. The molecule has 178 valence electrons. The topological polar surface area (TPSA) is 21.3 Å². The second-order valence-electron chi connectivity index (χ2n) is 9.87. The molecule has 1 aliphatic rings. The third-order valence-electron chi connectivity index (χ3n) is 7.25. The molecular formula is C30H37N2OS+. The van der Waals surface area contributed by atoms with E-state index in [-0.39, 0.29) is 6.04 Å². The van der Waals surface area contributed by atoms with Crippen LogP contribution in [0.15, 0.2) is 78.9 Å². The van der Waals surface area contributed by atoms with E-state index in [4.69, 9.17) is 17.0 Å². The molecule has 0 saturated carbocycles. The summed E-state index contributed by atoms with van der Waals surface area (Å²) in [5.74, 6) is 1.44. The van der Waals surface area contributed by atoms with Gasteiger partial charge in [0.2, 0.25) is 0 Å². The molecule has 0 bridgehead atoms. The van der Waals surface area contributed by atoms with E-state index in [1.807, 2.05) is 6.92 Å². The van der Waals surface area contributed by atoms with Crippen molar-refractivity contribution >= 4 is 17.2 Å². The molecule has 1 unspecified atom stereocenters. The maximum absolute atomic E-state index is 5.48. The fourth-order valence-electron chi connectivity index (χ4n) is 5.40. The van der Waals surface area contributed by atoms with Crippen LogP contribution in [-0.4, -0.2) is 29.7 Å². The van der Waals surface area contributed by atoms with Crippen LogP contribution in [0.2, 0.25) is 0 Å². The predicted molar refractivity (Wildman–Crippen MR) is 145 cm³/mol. The molecule has 1 N–H and O–H groups in total. The Morgan fingerprint density at radius 2 is 1.50 bits per heavy atom. The first-order valence-corrected chi connectivity index (χ1v) is 12.7. The van der Waals surface area contributed by atoms with Crippen molar-refractivity contribution in [3.05, 3.63) is 101 Å². The third-order valence-corrected chi connectivity index (χ3v) is 7.37. The molecular weight excluding hydrogens is 436 g/mol. The molecule has 0 spiro atoms. The standard InChI is InChI=1S/C30H36N2OS/c1-23-9-11-26(12-10-23)22-32(21-25-7-5-4-6-8-25)19-17-28(18-20-32)30(31-24(2)34)27-13-15-29(33-3)16-14-27/h4-16,28,30H,17-22H2,1-3H3/p+1. The molecule has 0 aromatic heterocycles. The number of likely N-dealkylation sites (tertiary alicyclic amines) is 1. The van der Waals surface area contributed by atoms with Crippen LogP contribution >= 0.6 is 12.2 Å². The Hall–Kier alpha value is -2.69. The van der Waals surface area contributed by atoms with Crippen LogP contribution in [0.3, 0.4) is 0 Å². The Balaban J connectivity index is 1.55. The summed E-state index contributed by atoms with van der Waals surface area (Å²) in [7, 11) is 1.71. The van der Waals surface area contributed by atoms with Crippen LogP contribution in [0, 0.1) is 12.8 Å². The van der Waals surface area contributed by atoms with E-state index in [1.54, 1.807) is 7.11 Å². The average Bonchev–Trinajstić information content (AvgIpc) is 2.85. The molecule has 0 radical (unpaired) electrons. The Kier molecular flexibility index (Phi) is 8.02. The lowest BCUT2D eigenvalue weighted by Gasteiger charge is -2.45. The van der Waals surface area contributed by atoms with Crippen molar-refractivity contribution in [2.24, 2.45) is 5.92 Å². The van der Waals surface area contributed by atoms with E-state index in [0.29, 0.717) is 5.92 Å². The molecule has 1 fully saturated rings. The number of rotatable bonds is 8. The number of quaternary nitrogens is 1. The first-order valence-electron chi connectivity index (χ1n) is 12.3. The smallest absolute Gasteiger partial charge is 0.118 e. The lowest BCUT2D eigenvalue weighted by Crippen LogP contribution is -2.53. The number of nitrogens with zero attached hydrogens (tertiary/aromatic N) is 1. The van der Waals surface area contributed by atoms with Gasteiger partial charge in [0.1, 0.15) is 18.8 Å². The van der Waals surface area contributed by atoms with Gasteiger partial charge in [-0.3, -0.25) is 0 Å². The minimum absolute atomic E-state index is 0.238. The van der Waals surface area contributed by atoms with Gasteiger partial charge in [0.25, 0.3) is 0 Å². The summed E-state index contributed by atoms with van der Waals surface area (Å²) in [6.07, 6.45) is 2.34. The van der Waals surface area contributed by atoms with Gasteiger partial charge in [-0.1, -0.05) is 84.5 Å². The van der Waals surface area contributed by atoms with Crippen molar-refractivity contribution in [1.29, 1.82) is 0 Å². The molecule has 1 aliphatic heterocycles. The highest BCUT2D eigenvalue weighted by Crippen LogP contribution is 2.36. The van der Waals surface area contributed by atoms with Gasteiger partial charge in [0.15, 0.2) is 0 Å². The van der Waals surface area contributed by atoms with Gasteiger partial charge in [-0.15, -0.1) is 0 Å². The molecule has 0 amide bonds. The van der Waals surface area contributed by atoms with Crippen LogP contribution in [0.5, 0.6) is 5.75 Å². The van der Waals surface area contributed by atoms with Crippen LogP contribution in [0.25, 0.3) is 0 Å². The number of benzene rings is 3. The number of methoxy groups -OCH3 is 1. The van der Waals surface area contributed by atoms with Gasteiger partial charge >= 0.3 is 0 Å². The number of aryl methyl sites for hydroxylation is 1. The fraction of sp³-hybridized carbons (Fsp3) is 0.367. The van der Waals surface area contributed by atoms with Gasteiger partial charge in [-0.25, -0.2) is 0 Å². The summed E-state index contributed by atoms with van der Waals surface area (Å²) in [5.41, 5.74) is 5.46. The first-order chi connectivity index (χ1) is 16.5. The van der Waals surface area contributed by atoms with E-state index < -0.39 is 0 Å². The minimum atomic E-state index is 0.238. The normalized spacial score (nSPS) is 21.0. The number of piperidine rings is 1. The predicted octanol–water partition coefficient (Wildman–Crippen LogP) is 6.61. The molecule has 3 aromatic rings. The SMILES string of the molecule is COc1ccc(C(NC(C)=S)C2CC[N+](Cc3ccccc3)(Cc3ccc(C)cc3)CC2)cc1. The molecule has 0 aliphatic carbocycles. The number of hydrogen-bond donors (Lipinski definition) is 1. The van der Waals surface area contributed by atoms with Crippen LogP contribution in [0.4, 0.5) is 0 Å². The summed E-state index contributed by atoms with van der Waals surface area (Å²) in [6, 6.07) is 28.8. The molecule has 34 heavy (non-hydrogen) atoms. The van der Waals surface area contributed by atoms with Gasteiger partial charge < -0.3 is 14.5 Å². The monoisotopic (exact) mass is 473 g/mol. The summed E-state index contributed by atoms with van der Waals surface area (Å²) < 4.78 is 6.48. The van der Waals surface area contributed by atoms with E-state index in [9.17, 15) is 0 Å². The van der Waals surface area contributed by atoms with Crippen molar-refractivity contribution < 1.29 is 9.22 Å². The minimum Gasteiger partial charge on any atom is -0.497 e. The summed E-state index contributed by atoms with van der Waals surface area (Å²) in [5, 5.41) is 3.62. The van der Waals surface area contributed by atoms with Crippen molar-refractivity contribution in [2.75, 3.05) is 20.2 Å². The number of hydrogen-bond acceptors (Lipinski definition) is 2. The summed E-state index contributed by atoms with van der Waals surface area (Å²) >= 11 is 5.48. The molecule has 4 rings (SSSR count). The number of ether oxygens (including phenoxy) is 1. The highest BCUT2D eigenvalue weighted by Gasteiger charge is 2.37. The largest absolute Gasteiger partial charge is 0.497 e. The van der Waals surface area contributed by atoms with Crippen molar-refractivity contribution in [1.82, 2.24) is 5.32 Å². The van der Waals surface area contributed by atoms with Gasteiger partial charge in [0, 0.05) is 24.0 Å². The Labute approximate surface area is 210 Å². The molecule has 3 nitrogen and oxygen atoms in total. The zero-order valence-corrected chi connectivity index (χ0v) is 21.5. The molecule has 4 heteroatoms. The van der Waals surface area contributed by atoms with E-state index in [1.165, 1.54) is 35.1 Å².